The van der Waals surface area contributed by atoms with Crippen molar-refractivity contribution < 1.29 is 8.42 Å². The van der Waals surface area contributed by atoms with Gasteiger partial charge < -0.3 is 5.73 Å². The van der Waals surface area contributed by atoms with Gasteiger partial charge in [-0.05, 0) is 30.2 Å². The van der Waals surface area contributed by atoms with Gasteiger partial charge in [-0.1, -0.05) is 19.1 Å². The second-order valence-electron chi connectivity index (χ2n) is 4.33. The summed E-state index contributed by atoms with van der Waals surface area (Å²) in [6, 6.07) is 6.97. The smallest absolute Gasteiger partial charge is 0.235 e. The second-order valence-corrected chi connectivity index (χ2v) is 6.70. The lowest BCUT2D eigenvalue weighted by atomic mass is 10.2. The molecule has 2 N–H and O–H groups in total. The first-order valence-electron chi connectivity index (χ1n) is 5.30. The monoisotopic (exact) mass is 270 g/mol. The highest BCUT2D eigenvalue weighted by Gasteiger charge is 2.33. The van der Waals surface area contributed by atoms with Crippen molar-refractivity contribution in [1.29, 1.82) is 0 Å². The summed E-state index contributed by atoms with van der Waals surface area (Å²) in [6.45, 7) is 2.47. The maximum atomic E-state index is 11.9. The Morgan fingerprint density at radius 2 is 2.00 bits per heavy atom. The molecule has 1 aromatic carbocycles. The topological polar surface area (TPSA) is 63.4 Å². The predicted molar refractivity (Wildman–Crippen MR) is 72.6 cm³/mol. The molecule has 0 radical (unpaired) electrons. The average molecular weight is 270 g/mol. The number of benzene rings is 1. The first-order valence-corrected chi connectivity index (χ1v) is 7.32. The maximum absolute atomic E-state index is 11.9. The molecule has 0 aliphatic carbocycles. The predicted octanol–water partition coefficient (Wildman–Crippen LogP) is 1.11. The summed E-state index contributed by atoms with van der Waals surface area (Å²) in [4.78, 5) is 0.314. The van der Waals surface area contributed by atoms with Crippen LogP contribution in [-0.2, 0) is 10.0 Å². The molecule has 1 unspecified atom stereocenters. The Hall–Kier alpha value is -1.14. The zero-order valence-electron chi connectivity index (χ0n) is 9.46. The van der Waals surface area contributed by atoms with Crippen LogP contribution in [0.15, 0.2) is 24.3 Å². The Morgan fingerprint density at radius 3 is 2.41 bits per heavy atom. The summed E-state index contributed by atoms with van der Waals surface area (Å²) < 4.78 is 25.2. The normalized spacial score (nSPS) is 22.6. The number of sulfonamides is 1. The molecule has 0 saturated carbocycles. The molecule has 4 nitrogen and oxygen atoms in total. The van der Waals surface area contributed by atoms with Crippen LogP contribution < -0.4 is 10.0 Å². The Labute approximate surface area is 106 Å². The van der Waals surface area contributed by atoms with Crippen molar-refractivity contribution in [2.24, 2.45) is 11.7 Å². The molecule has 0 spiro atoms. The zero-order chi connectivity index (χ0) is 12.6. The van der Waals surface area contributed by atoms with E-state index in [1.807, 2.05) is 6.92 Å². The number of hydrogen-bond acceptors (Lipinski definition) is 3. The van der Waals surface area contributed by atoms with Crippen molar-refractivity contribution >= 4 is 32.9 Å². The Bertz CT molecular complexity index is 537. The minimum absolute atomic E-state index is 0.162. The van der Waals surface area contributed by atoms with Crippen LogP contribution in [0.25, 0.3) is 0 Å². The fourth-order valence-electron chi connectivity index (χ4n) is 1.96. The largest absolute Gasteiger partial charge is 0.389 e. The number of rotatable bonds is 2. The summed E-state index contributed by atoms with van der Waals surface area (Å²) in [5.41, 5.74) is 6.91. The van der Waals surface area contributed by atoms with E-state index in [2.05, 4.69) is 0 Å². The molecule has 6 heteroatoms. The van der Waals surface area contributed by atoms with E-state index in [1.165, 1.54) is 4.31 Å². The molecule has 0 bridgehead atoms. The van der Waals surface area contributed by atoms with Gasteiger partial charge in [-0.25, -0.2) is 8.42 Å². The Kier molecular flexibility index (Phi) is 3.09. The fraction of sp³-hybridized carbons (Fsp3) is 0.364. The zero-order valence-corrected chi connectivity index (χ0v) is 11.1. The van der Waals surface area contributed by atoms with Crippen LogP contribution in [0.4, 0.5) is 5.69 Å². The highest BCUT2D eigenvalue weighted by atomic mass is 32.2. The van der Waals surface area contributed by atoms with Gasteiger partial charge in [0.25, 0.3) is 0 Å². The van der Waals surface area contributed by atoms with Crippen LogP contribution in [0.3, 0.4) is 0 Å². The number of nitrogens with two attached hydrogens (primary N) is 1. The molecule has 1 heterocycles. The van der Waals surface area contributed by atoms with Crippen LogP contribution in [-0.4, -0.2) is 25.7 Å². The summed E-state index contributed by atoms with van der Waals surface area (Å²) in [5, 5.41) is 0. The summed E-state index contributed by atoms with van der Waals surface area (Å²) in [6.07, 6.45) is 0. The van der Waals surface area contributed by atoms with Gasteiger partial charge >= 0.3 is 0 Å². The van der Waals surface area contributed by atoms with Gasteiger partial charge in [-0.3, -0.25) is 4.31 Å². The lowest BCUT2D eigenvalue weighted by molar-refractivity contribution is 0.598. The number of nitrogens with zero attached hydrogens (tertiary/aromatic N) is 1. The number of thiocarbonyl (C=S) groups is 1. The third-order valence-electron chi connectivity index (χ3n) is 2.75. The van der Waals surface area contributed by atoms with E-state index in [1.54, 1.807) is 24.3 Å². The van der Waals surface area contributed by atoms with Crippen molar-refractivity contribution in [3.63, 3.8) is 0 Å². The summed E-state index contributed by atoms with van der Waals surface area (Å²) in [7, 11) is -3.15. The lowest BCUT2D eigenvalue weighted by Gasteiger charge is -2.17. The second kappa shape index (κ2) is 4.27. The number of anilines is 1. The van der Waals surface area contributed by atoms with Gasteiger partial charge in [0.2, 0.25) is 10.0 Å². The van der Waals surface area contributed by atoms with Gasteiger partial charge in [-0.15, -0.1) is 0 Å². The Morgan fingerprint density at radius 1 is 1.41 bits per heavy atom. The number of hydrogen-bond donors (Lipinski definition) is 1. The molecular formula is C11H14N2O2S2. The minimum atomic E-state index is -3.15. The van der Waals surface area contributed by atoms with E-state index in [4.69, 9.17) is 18.0 Å². The standard InChI is InChI=1S/C11H14N2O2S2/c1-8-6-13(17(14,15)7-8)10-4-2-9(3-5-10)11(12)16/h2-5,8H,6-7H2,1H3,(H2,12,16). The average Bonchev–Trinajstić information content (AvgIpc) is 2.52. The van der Waals surface area contributed by atoms with Crippen LogP contribution in [0.5, 0.6) is 0 Å². The van der Waals surface area contributed by atoms with E-state index >= 15 is 0 Å². The first-order chi connectivity index (χ1) is 7.90. The van der Waals surface area contributed by atoms with Crippen molar-refractivity contribution in [3.05, 3.63) is 29.8 Å². The molecular weight excluding hydrogens is 256 g/mol. The van der Waals surface area contributed by atoms with Crippen molar-refractivity contribution in [3.8, 4) is 0 Å². The fourth-order valence-corrected chi connectivity index (χ4v) is 4.02. The lowest BCUT2D eigenvalue weighted by Crippen LogP contribution is -2.25. The molecule has 1 saturated heterocycles. The first kappa shape index (κ1) is 12.3. The maximum Gasteiger partial charge on any atom is 0.235 e. The Balaban J connectivity index is 2.32. The van der Waals surface area contributed by atoms with Gasteiger partial charge in [0, 0.05) is 12.1 Å². The van der Waals surface area contributed by atoms with E-state index in [0.29, 0.717) is 17.2 Å². The molecule has 1 aromatic rings. The van der Waals surface area contributed by atoms with Crippen LogP contribution >= 0.6 is 12.2 Å². The van der Waals surface area contributed by atoms with Gasteiger partial charge in [0.1, 0.15) is 4.99 Å². The molecule has 1 atom stereocenters. The van der Waals surface area contributed by atoms with E-state index in [0.717, 1.165) is 5.56 Å². The SMILES string of the molecule is CC1CN(c2ccc(C(N)=S)cc2)S(=O)(=O)C1. The van der Waals surface area contributed by atoms with Gasteiger partial charge in [-0.2, -0.15) is 0 Å². The van der Waals surface area contributed by atoms with E-state index in [-0.39, 0.29) is 11.7 Å². The third kappa shape index (κ3) is 2.42. The minimum Gasteiger partial charge on any atom is -0.389 e. The van der Waals surface area contributed by atoms with Crippen LogP contribution in [0.2, 0.25) is 0 Å². The van der Waals surface area contributed by atoms with E-state index < -0.39 is 10.0 Å². The third-order valence-corrected chi connectivity index (χ3v) is 5.01. The molecule has 0 amide bonds. The quantitative estimate of drug-likeness (QED) is 0.818. The van der Waals surface area contributed by atoms with Crippen LogP contribution in [0.1, 0.15) is 12.5 Å². The molecule has 1 aliphatic heterocycles. The molecule has 1 fully saturated rings. The van der Waals surface area contributed by atoms with Crippen LogP contribution in [0, 0.1) is 5.92 Å². The van der Waals surface area contributed by atoms with Crippen molar-refractivity contribution in [1.82, 2.24) is 0 Å². The summed E-state index contributed by atoms with van der Waals surface area (Å²) >= 11 is 4.85. The molecule has 92 valence electrons. The highest BCUT2D eigenvalue weighted by Crippen LogP contribution is 2.26. The van der Waals surface area contributed by atoms with Gasteiger partial charge in [0.15, 0.2) is 0 Å². The summed E-state index contributed by atoms with van der Waals surface area (Å²) in [5.74, 6) is 0.375. The molecule has 17 heavy (non-hydrogen) atoms. The molecule has 0 aromatic heterocycles. The van der Waals surface area contributed by atoms with E-state index in [9.17, 15) is 8.42 Å². The van der Waals surface area contributed by atoms with Crippen molar-refractivity contribution in [2.45, 2.75) is 6.92 Å². The molecule has 2 rings (SSSR count). The van der Waals surface area contributed by atoms with Crippen molar-refractivity contribution in [2.75, 3.05) is 16.6 Å². The molecule has 1 aliphatic rings. The highest BCUT2D eigenvalue weighted by molar-refractivity contribution is 7.93. The van der Waals surface area contributed by atoms with Gasteiger partial charge in [0.05, 0.1) is 11.4 Å².